The Morgan fingerprint density at radius 3 is 2.34 bits per heavy atom. The van der Waals surface area contributed by atoms with Crippen LogP contribution in [-0.4, -0.2) is 121 Å². The van der Waals surface area contributed by atoms with Crippen molar-refractivity contribution < 1.29 is 59.8 Å². The van der Waals surface area contributed by atoms with Gasteiger partial charge in [0.05, 0.1) is 53.7 Å². The molecule has 16 heteroatoms. The number of aldehydes is 1. The van der Waals surface area contributed by atoms with E-state index in [0.717, 1.165) is 30.3 Å². The zero-order chi connectivity index (χ0) is 50.5. The molecule has 0 aliphatic carbocycles. The molecule has 1 aromatic carbocycles. The lowest BCUT2D eigenvalue weighted by Gasteiger charge is -2.47. The lowest BCUT2D eigenvalue weighted by molar-refractivity contribution is -0.292. The molecule has 0 amide bonds. The number of rotatable bonds is 22. The minimum absolute atomic E-state index is 0.0201. The van der Waals surface area contributed by atoms with Crippen LogP contribution in [0.3, 0.4) is 0 Å². The van der Waals surface area contributed by atoms with E-state index in [9.17, 15) is 18.0 Å². The van der Waals surface area contributed by atoms with Crippen molar-refractivity contribution >= 4 is 46.4 Å². The zero-order valence-corrected chi connectivity index (χ0v) is 46.5. The van der Waals surface area contributed by atoms with Crippen molar-refractivity contribution in [3.63, 3.8) is 0 Å². The lowest BCUT2D eigenvalue weighted by atomic mass is 9.78. The highest BCUT2D eigenvalue weighted by atomic mass is 79.9. The molecule has 8 fully saturated rings. The number of Topliss-reactive ketones (excluding diaryl/α,β-unsaturated/α-hetero) is 1. The SMILES string of the molecule is C=C(Br)C[C@@H](CC[C@@]12C[C@H]3O[C@H]4[C@@H](O1)[C@H]1O[C@@H](CC(=O)C[C@H]5C(C[C@H]6O[C@@H](CCC=O)C[C@@H](C)C6=C)O[C@H](C[C@H](C)CO[Si](C)(C)C(C)(C)C)[C@@H]5C)CC[C@@H]1O[C@H]4C3O2)OS(=O)(=O)c1ccc(C)cc1. The number of ketones is 1. The molecule has 1 aromatic rings. The van der Waals surface area contributed by atoms with Gasteiger partial charge in [-0.2, -0.15) is 8.42 Å². The number of hydrogen-bond donors (Lipinski definition) is 0. The third kappa shape index (κ3) is 12.2. The van der Waals surface area contributed by atoms with Gasteiger partial charge in [0, 0.05) is 51.6 Å². The van der Waals surface area contributed by atoms with Crippen molar-refractivity contribution in [1.82, 2.24) is 0 Å². The van der Waals surface area contributed by atoms with Crippen LogP contribution in [0.15, 0.2) is 52.4 Å². The van der Waals surface area contributed by atoms with E-state index in [1.54, 1.807) is 24.3 Å². The van der Waals surface area contributed by atoms with Crippen molar-refractivity contribution in [1.29, 1.82) is 0 Å². The third-order valence-electron chi connectivity index (χ3n) is 17.1. The number of carbonyl (C=O) groups is 2. The van der Waals surface area contributed by atoms with Crippen LogP contribution in [0.1, 0.15) is 131 Å². The van der Waals surface area contributed by atoms with Crippen LogP contribution < -0.4 is 0 Å². The van der Waals surface area contributed by atoms with Crippen molar-refractivity contribution in [2.75, 3.05) is 6.61 Å². The van der Waals surface area contributed by atoms with Gasteiger partial charge in [0.15, 0.2) is 14.1 Å². The molecule has 18 atom stereocenters. The summed E-state index contributed by atoms with van der Waals surface area (Å²) in [6.45, 7) is 29.1. The third-order valence-corrected chi connectivity index (χ3v) is 23.3. The van der Waals surface area contributed by atoms with E-state index in [-0.39, 0.29) is 107 Å². The maximum Gasteiger partial charge on any atom is 0.297 e. The summed E-state index contributed by atoms with van der Waals surface area (Å²) in [7, 11) is -5.99. The molecule has 13 nitrogen and oxygen atoms in total. The highest BCUT2D eigenvalue weighted by molar-refractivity contribution is 9.11. The van der Waals surface area contributed by atoms with Crippen LogP contribution in [-0.2, 0) is 61.5 Å². The quantitative estimate of drug-likeness (QED) is 0.0469. The number of aryl methyl sites for hydroxylation is 1. The van der Waals surface area contributed by atoms with Gasteiger partial charge in [-0.25, -0.2) is 0 Å². The van der Waals surface area contributed by atoms with E-state index in [1.165, 1.54) is 0 Å². The Hall–Kier alpha value is -1.67. The molecule has 392 valence electrons. The second kappa shape index (κ2) is 21.9. The van der Waals surface area contributed by atoms with Gasteiger partial charge in [0.2, 0.25) is 0 Å². The minimum Gasteiger partial charge on any atom is -0.417 e. The number of hydrogen-bond acceptors (Lipinski definition) is 13. The van der Waals surface area contributed by atoms with Crippen molar-refractivity contribution in [3.05, 3.63) is 53.0 Å². The van der Waals surface area contributed by atoms with Gasteiger partial charge in [-0.15, -0.1) is 0 Å². The summed E-state index contributed by atoms with van der Waals surface area (Å²) in [5, 5.41) is 0.117. The Morgan fingerprint density at radius 2 is 1.64 bits per heavy atom. The standard InChI is InChI=1S/C54H81BrO13SSi/c1-31-14-17-41(18-15-31)69(58,59)68-40(25-34(4)55)20-21-54-29-47-49(66-54)50-51(65-47)52(67-54)48-43(64-50)19-16-39(62-48)26-37(57)27-42-36(6)44(23-32(2)30-60-70(10,11)53(7,8)9)63-46(42)28-45-35(5)33(3)24-38(61-45)13-12-22-56/h14-15,17-18,22,32-33,36,38-40,42-52H,4-5,12-13,16,19-21,23-30H2,1-3,6-11H3/t32-,33+,36+,38-,39+,40+,42+,43-,44+,45+,46?,47+,48-,49?,50-,51+,52-,54-/m0/s1. The fraction of sp³-hybridized carbons (Fsp3) is 0.778. The molecular formula is C54H81BrO13SSi. The van der Waals surface area contributed by atoms with E-state index < -0.39 is 48.6 Å². The summed E-state index contributed by atoms with van der Waals surface area (Å²) in [4.78, 5) is 25.9. The molecule has 9 rings (SSSR count). The van der Waals surface area contributed by atoms with E-state index in [0.29, 0.717) is 68.9 Å². The first-order chi connectivity index (χ1) is 32.9. The first kappa shape index (κ1) is 54.6. The Kier molecular flexibility index (Phi) is 17.1. The van der Waals surface area contributed by atoms with Gasteiger partial charge >= 0.3 is 0 Å². The maximum absolute atomic E-state index is 14.5. The maximum atomic E-state index is 14.5. The number of ether oxygens (including phenoxy) is 7. The van der Waals surface area contributed by atoms with E-state index in [1.807, 2.05) is 6.92 Å². The predicted octanol–water partition coefficient (Wildman–Crippen LogP) is 10.3. The van der Waals surface area contributed by atoms with Gasteiger partial charge in [-0.1, -0.05) is 88.3 Å². The summed E-state index contributed by atoms with van der Waals surface area (Å²) < 4.78 is 87.8. The fourth-order valence-corrected chi connectivity index (χ4v) is 14.6. The largest absolute Gasteiger partial charge is 0.417 e. The Balaban J connectivity index is 0.930. The summed E-state index contributed by atoms with van der Waals surface area (Å²) in [5.74, 6) is -0.291. The highest BCUT2D eigenvalue weighted by Gasteiger charge is 2.68. The Bertz CT molecular complexity index is 2150. The van der Waals surface area contributed by atoms with Crippen LogP contribution >= 0.6 is 15.9 Å². The average molecular weight is 1080 g/mol. The van der Waals surface area contributed by atoms with E-state index in [4.69, 9.17) is 41.8 Å². The average Bonchev–Trinajstić information content (AvgIpc) is 3.82. The summed E-state index contributed by atoms with van der Waals surface area (Å²) in [6, 6.07) is 6.61. The summed E-state index contributed by atoms with van der Waals surface area (Å²) >= 11 is 3.43. The van der Waals surface area contributed by atoms with Crippen LogP contribution in [0, 0.1) is 30.6 Å². The summed E-state index contributed by atoms with van der Waals surface area (Å²) in [5.41, 5.74) is 2.00. The predicted molar refractivity (Wildman–Crippen MR) is 271 cm³/mol. The fourth-order valence-electron chi connectivity index (χ4n) is 12.0. The number of fused-ring (bicyclic) bond motifs is 1. The molecular weight excluding hydrogens is 997 g/mol. The molecule has 2 unspecified atom stereocenters. The number of benzene rings is 1. The van der Waals surface area contributed by atoms with Crippen molar-refractivity contribution in [2.24, 2.45) is 23.7 Å². The number of carbonyl (C=O) groups excluding carboxylic acids is 2. The van der Waals surface area contributed by atoms with E-state index >= 15 is 0 Å². The molecule has 6 bridgehead atoms. The van der Waals surface area contributed by atoms with Crippen LogP contribution in [0.5, 0.6) is 0 Å². The first-order valence-electron chi connectivity index (χ1n) is 26.2. The van der Waals surface area contributed by atoms with Crippen molar-refractivity contribution in [2.45, 2.75) is 240 Å². The summed E-state index contributed by atoms with van der Waals surface area (Å²) in [6.07, 6.45) is 3.80. The minimum atomic E-state index is -4.06. The second-order valence-electron chi connectivity index (χ2n) is 23.6. The molecule has 8 heterocycles. The van der Waals surface area contributed by atoms with E-state index in [2.05, 4.69) is 83.7 Å². The molecule has 0 N–H and O–H groups in total. The van der Waals surface area contributed by atoms with Crippen LogP contribution in [0.4, 0.5) is 0 Å². The molecule has 0 saturated carbocycles. The smallest absolute Gasteiger partial charge is 0.297 e. The first-order valence-corrected chi connectivity index (χ1v) is 31.3. The topological polar surface area (TPSA) is 151 Å². The molecule has 0 aromatic heterocycles. The lowest BCUT2D eigenvalue weighted by Crippen LogP contribution is -2.61. The van der Waals surface area contributed by atoms with Gasteiger partial charge in [-0.3, -0.25) is 8.98 Å². The van der Waals surface area contributed by atoms with Gasteiger partial charge < -0.3 is 42.4 Å². The van der Waals surface area contributed by atoms with Crippen LogP contribution in [0.25, 0.3) is 0 Å². The molecule has 8 saturated heterocycles. The van der Waals surface area contributed by atoms with Gasteiger partial charge in [0.25, 0.3) is 10.1 Å². The highest BCUT2D eigenvalue weighted by Crippen LogP contribution is 2.54. The number of halogens is 1. The normalized spacial score (nSPS) is 38.0. The molecule has 8 aliphatic heterocycles. The molecule has 8 aliphatic rings. The zero-order valence-electron chi connectivity index (χ0n) is 43.1. The Labute approximate surface area is 427 Å². The second-order valence-corrected chi connectivity index (χ2v) is 31.1. The van der Waals surface area contributed by atoms with Gasteiger partial charge in [-0.05, 0) is 109 Å². The van der Waals surface area contributed by atoms with Crippen molar-refractivity contribution in [3.8, 4) is 0 Å². The molecule has 70 heavy (non-hydrogen) atoms. The Morgan fingerprint density at radius 1 is 0.943 bits per heavy atom. The monoisotopic (exact) mass is 1080 g/mol. The molecule has 0 radical (unpaired) electrons. The van der Waals surface area contributed by atoms with Gasteiger partial charge in [0.1, 0.15) is 42.6 Å². The van der Waals surface area contributed by atoms with Crippen LogP contribution in [0.2, 0.25) is 18.1 Å². The molecule has 0 spiro atoms.